The Morgan fingerprint density at radius 2 is 2.18 bits per heavy atom. The SMILES string of the molecule is COc1cccc(C(=O)C=Cc2ccco2)c1. The summed E-state index contributed by atoms with van der Waals surface area (Å²) >= 11 is 0. The number of allylic oxidation sites excluding steroid dienone is 1. The van der Waals surface area contributed by atoms with E-state index in [1.54, 1.807) is 55.8 Å². The van der Waals surface area contributed by atoms with Crippen LogP contribution in [0, 0.1) is 0 Å². The minimum absolute atomic E-state index is 0.0831. The lowest BCUT2D eigenvalue weighted by Crippen LogP contribution is -1.94. The Kier molecular flexibility index (Phi) is 3.40. The number of benzene rings is 1. The molecule has 0 amide bonds. The molecule has 86 valence electrons. The highest BCUT2D eigenvalue weighted by atomic mass is 16.5. The molecule has 1 aromatic heterocycles. The molecule has 0 aliphatic carbocycles. The van der Waals surface area contributed by atoms with Crippen molar-refractivity contribution in [3.63, 3.8) is 0 Å². The summed E-state index contributed by atoms with van der Waals surface area (Å²) in [6.07, 6.45) is 4.69. The third kappa shape index (κ3) is 2.84. The highest BCUT2D eigenvalue weighted by Gasteiger charge is 2.03. The number of furan rings is 1. The van der Waals surface area contributed by atoms with Gasteiger partial charge in [-0.15, -0.1) is 0 Å². The fraction of sp³-hybridized carbons (Fsp3) is 0.0714. The molecule has 2 rings (SSSR count). The van der Waals surface area contributed by atoms with Crippen molar-refractivity contribution in [1.29, 1.82) is 0 Å². The quantitative estimate of drug-likeness (QED) is 0.596. The Hall–Kier alpha value is -2.29. The zero-order valence-corrected chi connectivity index (χ0v) is 9.42. The molecule has 0 aliphatic heterocycles. The van der Waals surface area contributed by atoms with Gasteiger partial charge in [-0.25, -0.2) is 0 Å². The van der Waals surface area contributed by atoms with Gasteiger partial charge in [0.25, 0.3) is 0 Å². The molecule has 17 heavy (non-hydrogen) atoms. The molecule has 0 spiro atoms. The molecule has 3 nitrogen and oxygen atoms in total. The lowest BCUT2D eigenvalue weighted by atomic mass is 10.1. The molecule has 3 heteroatoms. The van der Waals surface area contributed by atoms with Crippen LogP contribution in [-0.4, -0.2) is 12.9 Å². The molecule has 0 atom stereocenters. The molecule has 0 bridgehead atoms. The van der Waals surface area contributed by atoms with Crippen LogP contribution in [0.1, 0.15) is 16.1 Å². The summed E-state index contributed by atoms with van der Waals surface area (Å²) < 4.78 is 10.2. The van der Waals surface area contributed by atoms with Crippen LogP contribution in [0.5, 0.6) is 5.75 Å². The van der Waals surface area contributed by atoms with Crippen molar-refractivity contribution >= 4 is 11.9 Å². The van der Waals surface area contributed by atoms with E-state index in [-0.39, 0.29) is 5.78 Å². The van der Waals surface area contributed by atoms with Gasteiger partial charge in [-0.1, -0.05) is 12.1 Å². The average Bonchev–Trinajstić information content (AvgIpc) is 2.89. The Balaban J connectivity index is 2.14. The van der Waals surface area contributed by atoms with E-state index < -0.39 is 0 Å². The molecule has 0 fully saturated rings. The molecule has 1 aromatic carbocycles. The fourth-order valence-electron chi connectivity index (χ4n) is 1.42. The van der Waals surface area contributed by atoms with Gasteiger partial charge in [-0.3, -0.25) is 4.79 Å². The summed E-state index contributed by atoms with van der Waals surface area (Å²) in [5, 5.41) is 0. The van der Waals surface area contributed by atoms with Gasteiger partial charge in [0.15, 0.2) is 5.78 Å². The van der Waals surface area contributed by atoms with E-state index in [4.69, 9.17) is 9.15 Å². The summed E-state index contributed by atoms with van der Waals surface area (Å²) in [5.41, 5.74) is 0.590. The number of ketones is 1. The first-order chi connectivity index (χ1) is 8.29. The van der Waals surface area contributed by atoms with Crippen LogP contribution in [-0.2, 0) is 0 Å². The highest BCUT2D eigenvalue weighted by Crippen LogP contribution is 2.14. The van der Waals surface area contributed by atoms with Crippen molar-refractivity contribution in [3.05, 3.63) is 60.1 Å². The molecule has 0 aliphatic rings. The largest absolute Gasteiger partial charge is 0.497 e. The van der Waals surface area contributed by atoms with Gasteiger partial charge in [0, 0.05) is 5.56 Å². The predicted molar refractivity (Wildman–Crippen MR) is 65.1 cm³/mol. The normalized spacial score (nSPS) is 10.6. The predicted octanol–water partition coefficient (Wildman–Crippen LogP) is 3.18. The van der Waals surface area contributed by atoms with Crippen LogP contribution in [0.15, 0.2) is 53.2 Å². The molecule has 0 N–H and O–H groups in total. The smallest absolute Gasteiger partial charge is 0.186 e. The first-order valence-electron chi connectivity index (χ1n) is 5.19. The molecular weight excluding hydrogens is 216 g/mol. The van der Waals surface area contributed by atoms with Gasteiger partial charge in [0.05, 0.1) is 13.4 Å². The van der Waals surface area contributed by atoms with E-state index in [1.165, 1.54) is 6.08 Å². The second-order valence-corrected chi connectivity index (χ2v) is 3.44. The maximum Gasteiger partial charge on any atom is 0.186 e. The van der Waals surface area contributed by atoms with Gasteiger partial charge in [0.1, 0.15) is 11.5 Å². The molecular formula is C14H12O3. The molecule has 1 heterocycles. The van der Waals surface area contributed by atoms with Crippen LogP contribution in [0.25, 0.3) is 6.08 Å². The number of hydrogen-bond donors (Lipinski definition) is 0. The molecule has 0 saturated heterocycles. The van der Waals surface area contributed by atoms with E-state index in [1.807, 2.05) is 0 Å². The molecule has 0 saturated carbocycles. The second-order valence-electron chi connectivity index (χ2n) is 3.44. The number of carbonyl (C=O) groups excluding carboxylic acids is 1. The summed E-state index contributed by atoms with van der Waals surface area (Å²) in [7, 11) is 1.57. The van der Waals surface area contributed by atoms with Crippen LogP contribution >= 0.6 is 0 Å². The van der Waals surface area contributed by atoms with Crippen molar-refractivity contribution in [2.45, 2.75) is 0 Å². The lowest BCUT2D eigenvalue weighted by molar-refractivity contribution is 0.104. The number of methoxy groups -OCH3 is 1. The Morgan fingerprint density at radius 1 is 1.29 bits per heavy atom. The number of carbonyl (C=O) groups is 1. The van der Waals surface area contributed by atoms with Crippen molar-refractivity contribution in [2.75, 3.05) is 7.11 Å². The summed E-state index contributed by atoms with van der Waals surface area (Å²) in [5.74, 6) is 1.24. The first-order valence-corrected chi connectivity index (χ1v) is 5.19. The topological polar surface area (TPSA) is 39.4 Å². The van der Waals surface area contributed by atoms with Crippen LogP contribution in [0.2, 0.25) is 0 Å². The standard InChI is InChI=1S/C14H12O3/c1-16-13-5-2-4-11(10-13)14(15)8-7-12-6-3-9-17-12/h2-10H,1H3. The molecule has 0 radical (unpaired) electrons. The summed E-state index contributed by atoms with van der Waals surface area (Å²) in [6.45, 7) is 0. The monoisotopic (exact) mass is 228 g/mol. The molecule has 2 aromatic rings. The number of hydrogen-bond acceptors (Lipinski definition) is 3. The van der Waals surface area contributed by atoms with E-state index in [0.29, 0.717) is 17.1 Å². The lowest BCUT2D eigenvalue weighted by Gasteiger charge is -2.00. The Morgan fingerprint density at radius 3 is 2.88 bits per heavy atom. The number of rotatable bonds is 4. The zero-order valence-electron chi connectivity index (χ0n) is 9.42. The minimum Gasteiger partial charge on any atom is -0.497 e. The van der Waals surface area contributed by atoms with Crippen molar-refractivity contribution < 1.29 is 13.9 Å². The summed E-state index contributed by atoms with van der Waals surface area (Å²) in [6, 6.07) is 10.6. The van der Waals surface area contributed by atoms with Gasteiger partial charge >= 0.3 is 0 Å². The fourth-order valence-corrected chi connectivity index (χ4v) is 1.42. The van der Waals surface area contributed by atoms with Crippen molar-refractivity contribution in [2.24, 2.45) is 0 Å². The van der Waals surface area contributed by atoms with Gasteiger partial charge < -0.3 is 9.15 Å². The van der Waals surface area contributed by atoms with Crippen molar-refractivity contribution in [1.82, 2.24) is 0 Å². The van der Waals surface area contributed by atoms with Gasteiger partial charge in [-0.2, -0.15) is 0 Å². The zero-order chi connectivity index (χ0) is 12.1. The third-order valence-electron chi connectivity index (χ3n) is 2.30. The van der Waals surface area contributed by atoms with E-state index in [0.717, 1.165) is 0 Å². The minimum atomic E-state index is -0.0831. The van der Waals surface area contributed by atoms with E-state index in [9.17, 15) is 4.79 Å². The Labute approximate surface area is 99.3 Å². The maximum atomic E-state index is 11.8. The van der Waals surface area contributed by atoms with Crippen LogP contribution < -0.4 is 4.74 Å². The van der Waals surface area contributed by atoms with Gasteiger partial charge in [-0.05, 0) is 36.4 Å². The number of ether oxygens (including phenoxy) is 1. The van der Waals surface area contributed by atoms with E-state index in [2.05, 4.69) is 0 Å². The van der Waals surface area contributed by atoms with Gasteiger partial charge in [0.2, 0.25) is 0 Å². The second kappa shape index (κ2) is 5.16. The van der Waals surface area contributed by atoms with Crippen LogP contribution in [0.3, 0.4) is 0 Å². The highest BCUT2D eigenvalue weighted by molar-refractivity contribution is 6.06. The maximum absolute atomic E-state index is 11.8. The van der Waals surface area contributed by atoms with E-state index >= 15 is 0 Å². The van der Waals surface area contributed by atoms with Crippen molar-refractivity contribution in [3.8, 4) is 5.75 Å². The summed E-state index contributed by atoms with van der Waals surface area (Å²) in [4.78, 5) is 11.8. The Bertz CT molecular complexity index is 524. The van der Waals surface area contributed by atoms with Crippen LogP contribution in [0.4, 0.5) is 0 Å². The third-order valence-corrected chi connectivity index (χ3v) is 2.30. The first kappa shape index (κ1) is 11.2. The molecule has 0 unspecified atom stereocenters. The average molecular weight is 228 g/mol.